The second-order valence-corrected chi connectivity index (χ2v) is 14.0. The predicted molar refractivity (Wildman–Crippen MR) is 111 cm³/mol. The predicted octanol–water partition coefficient (Wildman–Crippen LogP) is 6.65. The third-order valence-corrected chi connectivity index (χ3v) is 14.0. The molecule has 9 fully saturated rings. The minimum atomic E-state index is 1.19. The lowest BCUT2D eigenvalue weighted by atomic mass is 9.57. The molecular weight excluding hydrogens is 336 g/mol. The molecule has 0 radical (unpaired) electrons. The van der Waals surface area contributed by atoms with Crippen LogP contribution in [0.2, 0.25) is 0 Å². The van der Waals surface area contributed by atoms with Crippen LogP contribution in [0.1, 0.15) is 77.0 Å². The third kappa shape index (κ3) is 1.66. The van der Waals surface area contributed by atoms with Gasteiger partial charge in [-0.3, -0.25) is 0 Å². The highest BCUT2D eigenvalue weighted by molar-refractivity contribution is 5.17. The summed E-state index contributed by atoms with van der Waals surface area (Å²) in [6.07, 6.45) is 20.0. The van der Waals surface area contributed by atoms with E-state index in [2.05, 4.69) is 0 Å². The van der Waals surface area contributed by atoms with Crippen molar-refractivity contribution < 1.29 is 0 Å². The van der Waals surface area contributed by atoms with Crippen molar-refractivity contribution in [2.45, 2.75) is 77.0 Å². The van der Waals surface area contributed by atoms with Crippen molar-refractivity contribution in [3.63, 3.8) is 0 Å². The van der Waals surface area contributed by atoms with Crippen molar-refractivity contribution in [3.05, 3.63) is 0 Å². The van der Waals surface area contributed by atoms with E-state index in [9.17, 15) is 0 Å². The number of fused-ring (bicyclic) bond motifs is 15. The van der Waals surface area contributed by atoms with Crippen molar-refractivity contribution in [3.8, 4) is 0 Å². The van der Waals surface area contributed by atoms with Crippen molar-refractivity contribution in [1.29, 1.82) is 0 Å². The van der Waals surface area contributed by atoms with Gasteiger partial charge in [-0.05, 0) is 172 Å². The number of hydrogen-bond donors (Lipinski definition) is 0. The quantitative estimate of drug-likeness (QED) is 0.444. The van der Waals surface area contributed by atoms with E-state index in [1.165, 1.54) is 94.7 Å². The van der Waals surface area contributed by atoms with Gasteiger partial charge in [-0.1, -0.05) is 0 Å². The van der Waals surface area contributed by atoms with Crippen LogP contribution in [0.4, 0.5) is 0 Å². The van der Waals surface area contributed by atoms with Gasteiger partial charge in [-0.2, -0.15) is 0 Å². The average molecular weight is 377 g/mol. The highest BCUT2D eigenvalue weighted by Gasteiger charge is 2.68. The molecule has 0 aromatic heterocycles. The molecular formula is C28H40. The Kier molecular flexibility index (Phi) is 2.85. The SMILES string of the molecule is C1CC2C1CC1CC3CCC4CC5CC6CC7CC8CCC8C7C6C5C4C3C12. The van der Waals surface area contributed by atoms with E-state index >= 15 is 0 Å². The van der Waals surface area contributed by atoms with Crippen LogP contribution < -0.4 is 0 Å². The molecule has 0 nitrogen and oxygen atoms in total. The standard InChI is InChI=1S/C28H40/c1-2-16-10-19-12-20-11-18-8-14-4-6-22(14)24(18)27(20)28(19)26(16)25-15(1)9-17-7-13-3-5-21(13)23(17)25/h13-28H,1-12H2. The highest BCUT2D eigenvalue weighted by atomic mass is 14.7. The van der Waals surface area contributed by atoms with Gasteiger partial charge in [0.1, 0.15) is 0 Å². The van der Waals surface area contributed by atoms with Crippen molar-refractivity contribution in [2.75, 3.05) is 0 Å². The van der Waals surface area contributed by atoms with Crippen LogP contribution in [0.5, 0.6) is 0 Å². The van der Waals surface area contributed by atoms with E-state index in [0.29, 0.717) is 0 Å². The van der Waals surface area contributed by atoms with Gasteiger partial charge >= 0.3 is 0 Å². The molecule has 9 rings (SSSR count). The minimum Gasteiger partial charge on any atom is -0.0499 e. The molecule has 9 aliphatic rings. The maximum Gasteiger partial charge on any atom is -0.0318 e. The van der Waals surface area contributed by atoms with Gasteiger partial charge < -0.3 is 0 Å². The molecule has 0 heterocycles. The molecule has 0 aliphatic heterocycles. The van der Waals surface area contributed by atoms with E-state index in [1.807, 2.05) is 0 Å². The molecule has 0 spiro atoms. The Balaban J connectivity index is 1.11. The first-order chi connectivity index (χ1) is 13.8. The molecule has 0 aromatic rings. The van der Waals surface area contributed by atoms with Crippen LogP contribution in [0.25, 0.3) is 0 Å². The van der Waals surface area contributed by atoms with Gasteiger partial charge in [0.15, 0.2) is 0 Å². The first kappa shape index (κ1) is 15.8. The fourth-order valence-electron chi connectivity index (χ4n) is 13.6. The molecule has 152 valence electrons. The van der Waals surface area contributed by atoms with Crippen LogP contribution in [-0.4, -0.2) is 0 Å². The summed E-state index contributed by atoms with van der Waals surface area (Å²) in [5, 5.41) is 0. The van der Waals surface area contributed by atoms with Crippen LogP contribution in [0, 0.1) is 94.7 Å². The topological polar surface area (TPSA) is 0 Å². The maximum absolute atomic E-state index is 1.70. The van der Waals surface area contributed by atoms with Crippen LogP contribution in [-0.2, 0) is 0 Å². The van der Waals surface area contributed by atoms with Gasteiger partial charge in [0, 0.05) is 0 Å². The Morgan fingerprint density at radius 2 is 0.571 bits per heavy atom. The van der Waals surface area contributed by atoms with Crippen LogP contribution >= 0.6 is 0 Å². The Labute approximate surface area is 172 Å². The molecule has 9 aliphatic carbocycles. The van der Waals surface area contributed by atoms with E-state index in [0.717, 1.165) is 0 Å². The fourth-order valence-corrected chi connectivity index (χ4v) is 13.6. The van der Waals surface area contributed by atoms with E-state index in [-0.39, 0.29) is 0 Å². The smallest absolute Gasteiger partial charge is 0.0318 e. The van der Waals surface area contributed by atoms with E-state index < -0.39 is 0 Å². The number of rotatable bonds is 0. The number of hydrogen-bond acceptors (Lipinski definition) is 0. The Morgan fingerprint density at radius 1 is 0.250 bits per heavy atom. The first-order valence-corrected chi connectivity index (χ1v) is 13.8. The lowest BCUT2D eigenvalue weighted by Crippen LogP contribution is -2.43. The molecule has 0 aromatic carbocycles. The molecule has 28 heavy (non-hydrogen) atoms. The van der Waals surface area contributed by atoms with Gasteiger partial charge in [-0.15, -0.1) is 0 Å². The third-order valence-electron chi connectivity index (χ3n) is 14.0. The van der Waals surface area contributed by atoms with E-state index in [1.54, 1.807) is 77.0 Å². The van der Waals surface area contributed by atoms with Gasteiger partial charge in [0.25, 0.3) is 0 Å². The summed E-state index contributed by atoms with van der Waals surface area (Å²) >= 11 is 0. The summed E-state index contributed by atoms with van der Waals surface area (Å²) in [5.41, 5.74) is 0. The normalized spacial score (nSPS) is 72.0. The largest absolute Gasteiger partial charge is 0.0499 e. The van der Waals surface area contributed by atoms with Crippen molar-refractivity contribution in [2.24, 2.45) is 94.7 Å². The average Bonchev–Trinajstić information content (AvgIpc) is 3.40. The Bertz CT molecular complexity index is 709. The van der Waals surface area contributed by atoms with Crippen molar-refractivity contribution in [1.82, 2.24) is 0 Å². The van der Waals surface area contributed by atoms with Crippen molar-refractivity contribution >= 4 is 0 Å². The zero-order valence-corrected chi connectivity index (χ0v) is 17.7. The molecule has 0 bridgehead atoms. The fraction of sp³-hybridized carbons (Fsp3) is 1.00. The summed E-state index contributed by atoms with van der Waals surface area (Å²) in [6.45, 7) is 0. The Hall–Kier alpha value is 0. The first-order valence-electron chi connectivity index (χ1n) is 13.8. The molecule has 0 amide bonds. The summed E-state index contributed by atoms with van der Waals surface area (Å²) < 4.78 is 0. The van der Waals surface area contributed by atoms with Gasteiger partial charge in [0.05, 0.1) is 0 Å². The van der Waals surface area contributed by atoms with E-state index in [4.69, 9.17) is 0 Å². The molecule has 16 unspecified atom stereocenters. The van der Waals surface area contributed by atoms with Crippen LogP contribution in [0.15, 0.2) is 0 Å². The monoisotopic (exact) mass is 376 g/mol. The summed E-state index contributed by atoms with van der Waals surface area (Å²) in [5.74, 6) is 19.4. The molecule has 0 saturated heterocycles. The molecule has 0 heteroatoms. The molecule has 16 atom stereocenters. The second-order valence-electron chi connectivity index (χ2n) is 14.0. The molecule has 0 N–H and O–H groups in total. The van der Waals surface area contributed by atoms with Gasteiger partial charge in [0.2, 0.25) is 0 Å². The zero-order chi connectivity index (χ0) is 17.7. The maximum atomic E-state index is 1.70. The summed E-state index contributed by atoms with van der Waals surface area (Å²) in [7, 11) is 0. The lowest BCUT2D eigenvalue weighted by Gasteiger charge is -2.48. The minimum absolute atomic E-state index is 1.19. The second kappa shape index (κ2) is 5.07. The lowest BCUT2D eigenvalue weighted by molar-refractivity contribution is -0.00212. The summed E-state index contributed by atoms with van der Waals surface area (Å²) in [6, 6.07) is 0. The zero-order valence-electron chi connectivity index (χ0n) is 17.7. The Morgan fingerprint density at radius 3 is 1.07 bits per heavy atom. The highest BCUT2D eigenvalue weighted by Crippen LogP contribution is 2.75. The molecule has 9 saturated carbocycles. The van der Waals surface area contributed by atoms with Gasteiger partial charge in [-0.25, -0.2) is 0 Å². The van der Waals surface area contributed by atoms with Crippen LogP contribution in [0.3, 0.4) is 0 Å². The summed E-state index contributed by atoms with van der Waals surface area (Å²) in [4.78, 5) is 0.